The fraction of sp³-hybridized carbons (Fsp3) is 0.821. The van der Waals surface area contributed by atoms with E-state index >= 15 is 0 Å². The van der Waals surface area contributed by atoms with Crippen LogP contribution in [-0.4, -0.2) is 64.9 Å². The van der Waals surface area contributed by atoms with E-state index in [-0.39, 0.29) is 12.8 Å². The Kier molecular flexibility index (Phi) is 23.9. The maximum absolute atomic E-state index is 11.9. The van der Waals surface area contributed by atoms with Gasteiger partial charge >= 0.3 is 19.8 Å². The first kappa shape index (κ1) is 38.2. The molecule has 0 aromatic carbocycles. The van der Waals surface area contributed by atoms with Crippen molar-refractivity contribution in [3.8, 4) is 0 Å². The van der Waals surface area contributed by atoms with E-state index in [1.54, 1.807) is 0 Å². The predicted molar refractivity (Wildman–Crippen MR) is 153 cm³/mol. The summed E-state index contributed by atoms with van der Waals surface area (Å²) >= 11 is 0. The van der Waals surface area contributed by atoms with E-state index in [0.717, 1.165) is 38.5 Å². The molecule has 0 aliphatic carbocycles. The summed E-state index contributed by atoms with van der Waals surface area (Å²) in [4.78, 5) is 43.9. The van der Waals surface area contributed by atoms with Crippen molar-refractivity contribution in [1.29, 1.82) is 0 Å². The zero-order chi connectivity index (χ0) is 30.1. The van der Waals surface area contributed by atoms with Gasteiger partial charge in [0.2, 0.25) is 5.91 Å². The number of hydrogen-bond acceptors (Lipinski definition) is 8. The van der Waals surface area contributed by atoms with Crippen LogP contribution in [0.1, 0.15) is 117 Å². The van der Waals surface area contributed by atoms with Crippen molar-refractivity contribution in [3.63, 3.8) is 0 Å². The number of allylic oxidation sites excluding steroid dienone is 2. The first-order valence-corrected chi connectivity index (χ1v) is 16.2. The zero-order valence-electron chi connectivity index (χ0n) is 24.4. The summed E-state index contributed by atoms with van der Waals surface area (Å²) in [5.74, 6) is -2.50. The molecule has 0 aliphatic rings. The third kappa shape index (κ3) is 24.1. The fourth-order valence-corrected chi connectivity index (χ4v) is 4.46. The number of aliphatic hydroxyl groups excluding tert-OH is 1. The Hall–Kier alpha value is -1.78. The number of carboxylic acid groups (broad SMARTS) is 1. The van der Waals surface area contributed by atoms with Crippen LogP contribution in [0.2, 0.25) is 0 Å². The highest BCUT2D eigenvalue weighted by molar-refractivity contribution is 7.47. The Bertz CT molecular complexity index is 761. The summed E-state index contributed by atoms with van der Waals surface area (Å²) in [6.45, 7) is 1.85. The lowest BCUT2D eigenvalue weighted by Gasteiger charge is -2.18. The van der Waals surface area contributed by atoms with E-state index < -0.39 is 57.6 Å². The number of phosphoric ester groups is 1. The first-order valence-electron chi connectivity index (χ1n) is 14.7. The molecule has 0 aromatic rings. The van der Waals surface area contributed by atoms with Crippen LogP contribution in [0, 0.1) is 0 Å². The number of carboxylic acids is 1. The fourth-order valence-electron chi connectivity index (χ4n) is 3.68. The van der Waals surface area contributed by atoms with Gasteiger partial charge in [0.15, 0.2) is 6.04 Å². The van der Waals surface area contributed by atoms with Gasteiger partial charge in [0.1, 0.15) is 12.7 Å². The van der Waals surface area contributed by atoms with Crippen molar-refractivity contribution in [2.45, 2.75) is 129 Å². The summed E-state index contributed by atoms with van der Waals surface area (Å²) in [6.07, 6.45) is 19.8. The molecular weight excluding hydrogens is 541 g/mol. The maximum Gasteiger partial charge on any atom is 0.472 e. The van der Waals surface area contributed by atoms with Crippen molar-refractivity contribution in [1.82, 2.24) is 5.32 Å². The number of amides is 1. The average Bonchev–Trinajstić information content (AvgIpc) is 2.92. The Morgan fingerprint density at radius 1 is 0.800 bits per heavy atom. The van der Waals surface area contributed by atoms with Crippen LogP contribution in [0.3, 0.4) is 0 Å². The zero-order valence-corrected chi connectivity index (χ0v) is 25.3. The number of ether oxygens (including phenoxy) is 1. The molecule has 12 heteroatoms. The highest BCUT2D eigenvalue weighted by Crippen LogP contribution is 2.43. The van der Waals surface area contributed by atoms with Crippen molar-refractivity contribution in [2.24, 2.45) is 0 Å². The molecule has 0 rings (SSSR count). The van der Waals surface area contributed by atoms with Gasteiger partial charge in [-0.1, -0.05) is 83.8 Å². The number of aliphatic hydroxyl groups is 1. The number of carbonyl (C=O) groups is 3. The molecule has 11 nitrogen and oxygen atoms in total. The summed E-state index contributed by atoms with van der Waals surface area (Å²) in [7, 11) is -4.71. The lowest BCUT2D eigenvalue weighted by molar-refractivity contribution is -0.147. The second-order valence-corrected chi connectivity index (χ2v) is 11.4. The Morgan fingerprint density at radius 2 is 1.32 bits per heavy atom. The molecule has 40 heavy (non-hydrogen) atoms. The number of phosphoric acid groups is 1. The molecule has 0 aliphatic heterocycles. The van der Waals surface area contributed by atoms with E-state index in [4.69, 9.17) is 9.84 Å². The SMILES string of the molecule is CCCCCCCCC/C=C\CCCCCCCC(=O)OCC(O)COP(=O)(O)OCC(NC(=O)CC)C(=O)O. The molecule has 0 saturated carbocycles. The number of carbonyl (C=O) groups excluding carboxylic acids is 2. The molecule has 3 atom stereocenters. The first-order chi connectivity index (χ1) is 19.1. The van der Waals surface area contributed by atoms with E-state index in [1.165, 1.54) is 51.9 Å². The maximum atomic E-state index is 11.9. The molecule has 0 aromatic heterocycles. The molecule has 1 amide bonds. The van der Waals surface area contributed by atoms with Crippen molar-refractivity contribution in [3.05, 3.63) is 12.2 Å². The van der Waals surface area contributed by atoms with E-state index in [2.05, 4.69) is 33.4 Å². The standard InChI is InChI=1S/C28H52NO10P/c1-3-5-6-7-8-9-10-11-12-13-14-15-16-17-18-19-20-27(32)37-21-24(30)22-38-40(35,36)39-23-25(28(33)34)29-26(31)4-2/h12-13,24-25,30H,3-11,14-23H2,1-2H3,(H,29,31)(H,33,34)(H,35,36)/b13-12-. The minimum atomic E-state index is -4.71. The minimum absolute atomic E-state index is 0.0271. The number of esters is 1. The van der Waals surface area contributed by atoms with Gasteiger partial charge in [0, 0.05) is 12.8 Å². The van der Waals surface area contributed by atoms with Gasteiger partial charge in [0.05, 0.1) is 13.2 Å². The van der Waals surface area contributed by atoms with Gasteiger partial charge in [0.25, 0.3) is 0 Å². The molecule has 4 N–H and O–H groups in total. The van der Waals surface area contributed by atoms with Crippen LogP contribution in [0.4, 0.5) is 0 Å². The van der Waals surface area contributed by atoms with Crippen LogP contribution in [0.25, 0.3) is 0 Å². The van der Waals surface area contributed by atoms with Crippen LogP contribution >= 0.6 is 7.82 Å². The summed E-state index contributed by atoms with van der Waals surface area (Å²) in [5, 5.41) is 21.0. The van der Waals surface area contributed by atoms with Gasteiger partial charge in [-0.2, -0.15) is 0 Å². The van der Waals surface area contributed by atoms with Crippen LogP contribution in [0.15, 0.2) is 12.2 Å². The Balaban J connectivity index is 3.79. The van der Waals surface area contributed by atoms with Crippen molar-refractivity contribution < 1.29 is 47.8 Å². The van der Waals surface area contributed by atoms with Gasteiger partial charge in [-0.05, 0) is 32.1 Å². The summed E-state index contributed by atoms with van der Waals surface area (Å²) in [6, 6.07) is -1.54. The molecule has 0 saturated heterocycles. The third-order valence-corrected chi connectivity index (χ3v) is 7.07. The largest absolute Gasteiger partial charge is 0.480 e. The highest BCUT2D eigenvalue weighted by atomic mass is 31.2. The molecule has 234 valence electrons. The van der Waals surface area contributed by atoms with Gasteiger partial charge < -0.3 is 25.2 Å². The van der Waals surface area contributed by atoms with E-state index in [0.29, 0.717) is 6.42 Å². The van der Waals surface area contributed by atoms with Gasteiger partial charge in [-0.15, -0.1) is 0 Å². The number of rotatable bonds is 27. The number of hydrogen-bond donors (Lipinski definition) is 4. The molecule has 0 fully saturated rings. The molecule has 0 heterocycles. The monoisotopic (exact) mass is 593 g/mol. The molecular formula is C28H52NO10P. The third-order valence-electron chi connectivity index (χ3n) is 6.12. The van der Waals surface area contributed by atoms with E-state index in [1.807, 2.05) is 0 Å². The predicted octanol–water partition coefficient (Wildman–Crippen LogP) is 5.43. The average molecular weight is 594 g/mol. The highest BCUT2D eigenvalue weighted by Gasteiger charge is 2.28. The minimum Gasteiger partial charge on any atom is -0.480 e. The van der Waals surface area contributed by atoms with Crippen LogP contribution in [0.5, 0.6) is 0 Å². The smallest absolute Gasteiger partial charge is 0.472 e. The normalized spacial score (nSPS) is 14.5. The lowest BCUT2D eigenvalue weighted by Crippen LogP contribution is -2.43. The van der Waals surface area contributed by atoms with E-state index in [9.17, 15) is 28.9 Å². The molecule has 0 bridgehead atoms. The topological polar surface area (TPSA) is 169 Å². The number of nitrogens with one attached hydrogen (secondary N) is 1. The summed E-state index contributed by atoms with van der Waals surface area (Å²) < 4.78 is 26.1. The van der Waals surface area contributed by atoms with Crippen LogP contribution < -0.4 is 5.32 Å². The van der Waals surface area contributed by atoms with Crippen LogP contribution in [-0.2, 0) is 32.7 Å². The molecule has 0 spiro atoms. The van der Waals surface area contributed by atoms with Crippen molar-refractivity contribution in [2.75, 3.05) is 19.8 Å². The lowest BCUT2D eigenvalue weighted by atomic mass is 10.1. The molecule has 0 radical (unpaired) electrons. The van der Waals surface area contributed by atoms with Gasteiger partial charge in [-0.25, -0.2) is 9.36 Å². The Labute approximate surface area is 239 Å². The number of aliphatic carboxylic acids is 1. The Morgan fingerprint density at radius 3 is 1.88 bits per heavy atom. The quantitative estimate of drug-likeness (QED) is 0.0417. The number of unbranched alkanes of at least 4 members (excludes halogenated alkanes) is 12. The summed E-state index contributed by atoms with van der Waals surface area (Å²) in [5.41, 5.74) is 0. The molecule has 3 unspecified atom stereocenters. The van der Waals surface area contributed by atoms with Crippen molar-refractivity contribution >= 4 is 25.7 Å². The second-order valence-electron chi connectivity index (χ2n) is 9.90. The second kappa shape index (κ2) is 25.0. The van der Waals surface area contributed by atoms with Gasteiger partial charge in [-0.3, -0.25) is 18.6 Å².